The Morgan fingerprint density at radius 3 is 2.75 bits per heavy atom. The minimum absolute atomic E-state index is 0.310. The average molecular weight is 394 g/mol. The number of thioether (sulfide) groups is 1. The van der Waals surface area contributed by atoms with E-state index in [1.165, 1.54) is 30.0 Å². The van der Waals surface area contributed by atoms with Crippen LogP contribution in [0.15, 0.2) is 72.5 Å². The molecule has 7 heteroatoms. The van der Waals surface area contributed by atoms with Crippen LogP contribution in [0.25, 0.3) is 22.3 Å². The zero-order valence-electron chi connectivity index (χ0n) is 14.8. The van der Waals surface area contributed by atoms with Crippen molar-refractivity contribution < 1.29 is 8.78 Å². The standard InChI is InChI=1S/C21H16F2N4S/c1-2-10-27-20(17-7-3-4-8-18(17)23)25-26-21(27)28-13-15-12-16(22)11-14-6-5-9-24-19(14)15/h2-9,11-12H,1,10,13H2. The van der Waals surface area contributed by atoms with E-state index in [-0.39, 0.29) is 11.6 Å². The fourth-order valence-electron chi connectivity index (χ4n) is 3.01. The van der Waals surface area contributed by atoms with Gasteiger partial charge < -0.3 is 0 Å². The summed E-state index contributed by atoms with van der Waals surface area (Å²) >= 11 is 1.40. The largest absolute Gasteiger partial charge is 0.298 e. The van der Waals surface area contributed by atoms with Gasteiger partial charge in [0.2, 0.25) is 0 Å². The normalized spacial score (nSPS) is 11.1. The lowest BCUT2D eigenvalue weighted by Gasteiger charge is -2.09. The van der Waals surface area contributed by atoms with Gasteiger partial charge in [0.15, 0.2) is 11.0 Å². The molecule has 2 heterocycles. The number of halogens is 2. The molecule has 2 aromatic carbocycles. The molecule has 0 saturated heterocycles. The molecule has 0 spiro atoms. The lowest BCUT2D eigenvalue weighted by Crippen LogP contribution is -2.02. The van der Waals surface area contributed by atoms with Crippen LogP contribution in [0.5, 0.6) is 0 Å². The summed E-state index contributed by atoms with van der Waals surface area (Å²) in [5.74, 6) is 0.216. The second-order valence-corrected chi connectivity index (χ2v) is 7.06. The van der Waals surface area contributed by atoms with E-state index >= 15 is 0 Å². The van der Waals surface area contributed by atoms with Crippen LogP contribution in [0.3, 0.4) is 0 Å². The Kier molecular flexibility index (Phi) is 5.16. The zero-order valence-corrected chi connectivity index (χ0v) is 15.7. The van der Waals surface area contributed by atoms with Crippen LogP contribution >= 0.6 is 11.8 Å². The summed E-state index contributed by atoms with van der Waals surface area (Å²) in [6.07, 6.45) is 3.39. The summed E-state index contributed by atoms with van der Waals surface area (Å²) in [7, 11) is 0. The van der Waals surface area contributed by atoms with E-state index in [1.807, 2.05) is 6.07 Å². The number of benzene rings is 2. The quantitative estimate of drug-likeness (QED) is 0.331. The van der Waals surface area contributed by atoms with Crippen molar-refractivity contribution >= 4 is 22.7 Å². The van der Waals surface area contributed by atoms with E-state index in [4.69, 9.17) is 0 Å². The molecule has 0 fully saturated rings. The Labute approximate surface area is 164 Å². The number of hydrogen-bond donors (Lipinski definition) is 0. The molecule has 140 valence electrons. The first-order valence-electron chi connectivity index (χ1n) is 8.62. The second kappa shape index (κ2) is 7.90. The first kappa shape index (κ1) is 18.3. The summed E-state index contributed by atoms with van der Waals surface area (Å²) in [6, 6.07) is 13.0. The van der Waals surface area contributed by atoms with E-state index < -0.39 is 0 Å². The summed E-state index contributed by atoms with van der Waals surface area (Å²) < 4.78 is 30.0. The van der Waals surface area contributed by atoms with Gasteiger partial charge in [0.25, 0.3) is 0 Å². The number of nitrogens with zero attached hydrogens (tertiary/aromatic N) is 4. The van der Waals surface area contributed by atoms with E-state index in [0.29, 0.717) is 28.8 Å². The first-order chi connectivity index (χ1) is 13.7. The fourth-order valence-corrected chi connectivity index (χ4v) is 3.93. The third-order valence-electron chi connectivity index (χ3n) is 4.25. The Balaban J connectivity index is 1.68. The molecule has 4 aromatic rings. The molecule has 0 unspecified atom stereocenters. The van der Waals surface area contributed by atoms with Gasteiger partial charge in [-0.1, -0.05) is 36.0 Å². The molecule has 0 aliphatic carbocycles. The maximum absolute atomic E-state index is 14.2. The van der Waals surface area contributed by atoms with Crippen molar-refractivity contribution in [1.29, 1.82) is 0 Å². The van der Waals surface area contributed by atoms with Crippen molar-refractivity contribution in [1.82, 2.24) is 19.7 Å². The number of hydrogen-bond acceptors (Lipinski definition) is 4. The summed E-state index contributed by atoms with van der Waals surface area (Å²) in [5.41, 5.74) is 1.89. The minimum Gasteiger partial charge on any atom is -0.298 e. The minimum atomic E-state index is -0.364. The van der Waals surface area contributed by atoms with Gasteiger partial charge in [0.05, 0.1) is 11.1 Å². The second-order valence-electron chi connectivity index (χ2n) is 6.11. The highest BCUT2D eigenvalue weighted by Crippen LogP contribution is 2.30. The van der Waals surface area contributed by atoms with Gasteiger partial charge in [-0.25, -0.2) is 8.78 Å². The lowest BCUT2D eigenvalue weighted by molar-refractivity contribution is 0.626. The van der Waals surface area contributed by atoms with E-state index in [2.05, 4.69) is 21.8 Å². The predicted octanol–water partition coefficient (Wildman–Crippen LogP) is 5.25. The van der Waals surface area contributed by atoms with E-state index in [9.17, 15) is 8.78 Å². The molecule has 0 aliphatic heterocycles. The molecular weight excluding hydrogens is 378 g/mol. The van der Waals surface area contributed by atoms with Gasteiger partial charge in [0.1, 0.15) is 11.6 Å². The number of aromatic nitrogens is 4. The van der Waals surface area contributed by atoms with Gasteiger partial charge >= 0.3 is 0 Å². The van der Waals surface area contributed by atoms with Crippen LogP contribution in [0.2, 0.25) is 0 Å². The van der Waals surface area contributed by atoms with Crippen LogP contribution in [0.1, 0.15) is 5.56 Å². The van der Waals surface area contributed by atoms with Gasteiger partial charge in [-0.15, -0.1) is 16.8 Å². The molecule has 0 bridgehead atoms. The van der Waals surface area contributed by atoms with Crippen LogP contribution in [-0.4, -0.2) is 19.7 Å². The summed E-state index contributed by atoms with van der Waals surface area (Å²) in [5, 5.41) is 9.74. The molecule has 4 rings (SSSR count). The molecule has 0 N–H and O–H groups in total. The third-order valence-corrected chi connectivity index (χ3v) is 5.26. The summed E-state index contributed by atoms with van der Waals surface area (Å²) in [4.78, 5) is 4.37. The third kappa shape index (κ3) is 3.53. The fraction of sp³-hybridized carbons (Fsp3) is 0.0952. The van der Waals surface area contributed by atoms with E-state index in [0.717, 1.165) is 16.5 Å². The maximum Gasteiger partial charge on any atom is 0.192 e. The monoisotopic (exact) mass is 394 g/mol. The van der Waals surface area contributed by atoms with E-state index in [1.54, 1.807) is 41.1 Å². The van der Waals surface area contributed by atoms with Crippen molar-refractivity contribution in [3.8, 4) is 11.4 Å². The molecule has 0 aliphatic rings. The average Bonchev–Trinajstić information content (AvgIpc) is 3.09. The number of allylic oxidation sites excluding steroid dienone is 1. The number of rotatable bonds is 6. The highest BCUT2D eigenvalue weighted by atomic mass is 32.2. The SMILES string of the molecule is C=CCn1c(SCc2cc(F)cc3cccnc23)nnc1-c1ccccc1F. The van der Waals surface area contributed by atoms with Crippen LogP contribution < -0.4 is 0 Å². The molecule has 0 radical (unpaired) electrons. The van der Waals surface area contributed by atoms with Gasteiger partial charge in [-0.3, -0.25) is 9.55 Å². The Morgan fingerprint density at radius 2 is 1.93 bits per heavy atom. The molecule has 2 aromatic heterocycles. The zero-order chi connectivity index (χ0) is 19.5. The summed E-state index contributed by atoms with van der Waals surface area (Å²) in [6.45, 7) is 4.20. The van der Waals surface area contributed by atoms with Crippen LogP contribution in [0, 0.1) is 11.6 Å². The smallest absolute Gasteiger partial charge is 0.192 e. The van der Waals surface area contributed by atoms with Gasteiger partial charge in [0, 0.05) is 23.9 Å². The van der Waals surface area contributed by atoms with Crippen molar-refractivity contribution in [3.05, 3.63) is 84.6 Å². The first-order valence-corrected chi connectivity index (χ1v) is 9.61. The van der Waals surface area contributed by atoms with Crippen molar-refractivity contribution in [3.63, 3.8) is 0 Å². The van der Waals surface area contributed by atoms with Gasteiger partial charge in [-0.05, 0) is 35.9 Å². The number of fused-ring (bicyclic) bond motifs is 1. The Bertz CT molecular complexity index is 1160. The molecule has 0 amide bonds. The van der Waals surface area contributed by atoms with Gasteiger partial charge in [-0.2, -0.15) is 0 Å². The van der Waals surface area contributed by atoms with Crippen molar-refractivity contribution in [2.45, 2.75) is 17.5 Å². The molecule has 28 heavy (non-hydrogen) atoms. The molecule has 4 nitrogen and oxygen atoms in total. The molecular formula is C21H16F2N4S. The van der Waals surface area contributed by atoms with Crippen molar-refractivity contribution in [2.24, 2.45) is 0 Å². The molecule has 0 saturated carbocycles. The molecule has 0 atom stereocenters. The van der Waals surface area contributed by atoms with Crippen LogP contribution in [0.4, 0.5) is 8.78 Å². The van der Waals surface area contributed by atoms with Crippen molar-refractivity contribution in [2.75, 3.05) is 0 Å². The number of pyridine rings is 1. The highest BCUT2D eigenvalue weighted by molar-refractivity contribution is 7.98. The highest BCUT2D eigenvalue weighted by Gasteiger charge is 2.17. The maximum atomic E-state index is 14.2. The lowest BCUT2D eigenvalue weighted by atomic mass is 10.1. The predicted molar refractivity (Wildman–Crippen MR) is 107 cm³/mol. The topological polar surface area (TPSA) is 43.6 Å². The Morgan fingerprint density at radius 1 is 1.07 bits per heavy atom. The Hall–Kier alpha value is -3.06. The van der Waals surface area contributed by atoms with Crippen LogP contribution in [-0.2, 0) is 12.3 Å².